The highest BCUT2D eigenvalue weighted by Crippen LogP contribution is 2.23. The van der Waals surface area contributed by atoms with Crippen LogP contribution in [0.3, 0.4) is 0 Å². The van der Waals surface area contributed by atoms with Crippen molar-refractivity contribution in [3.63, 3.8) is 0 Å². The molecule has 3 N–H and O–H groups in total. The fraction of sp³-hybridized carbons (Fsp3) is 0.429. The minimum Gasteiger partial charge on any atom is -0.478 e. The average molecular weight is 262 g/mol. The Kier molecular flexibility index (Phi) is 4.16. The van der Waals surface area contributed by atoms with Gasteiger partial charge < -0.3 is 15.7 Å². The van der Waals surface area contributed by atoms with E-state index in [-0.39, 0.29) is 5.91 Å². The second kappa shape index (κ2) is 5.84. The van der Waals surface area contributed by atoms with Crippen molar-refractivity contribution in [1.82, 2.24) is 4.90 Å². The first kappa shape index (κ1) is 13.5. The lowest BCUT2D eigenvalue weighted by molar-refractivity contribution is -0.132. The molecule has 102 valence electrons. The summed E-state index contributed by atoms with van der Waals surface area (Å²) in [5.74, 6) is -0.809. The van der Waals surface area contributed by atoms with E-state index in [9.17, 15) is 9.59 Å². The summed E-state index contributed by atoms with van der Waals surface area (Å²) in [5, 5.41) is 9.14. The molecule has 0 spiro atoms. The van der Waals surface area contributed by atoms with Gasteiger partial charge in [-0.1, -0.05) is 12.1 Å². The van der Waals surface area contributed by atoms with Crippen LogP contribution >= 0.6 is 0 Å². The zero-order chi connectivity index (χ0) is 13.8. The standard InChI is InChI=1S/C14H18N2O3/c15-7-2-5-13(17)16-8-6-11-10(9-16)3-1-4-12(11)14(18)19/h1,3-4H,2,5-9,15H2,(H,18,19). The molecule has 0 atom stereocenters. The lowest BCUT2D eigenvalue weighted by Crippen LogP contribution is -2.36. The Labute approximate surface area is 112 Å². The maximum atomic E-state index is 11.9. The summed E-state index contributed by atoms with van der Waals surface area (Å²) in [7, 11) is 0. The third kappa shape index (κ3) is 2.93. The van der Waals surface area contributed by atoms with Crippen LogP contribution in [0.25, 0.3) is 0 Å². The van der Waals surface area contributed by atoms with Crippen molar-refractivity contribution in [3.8, 4) is 0 Å². The molecule has 0 saturated carbocycles. The Bertz CT molecular complexity index is 499. The highest BCUT2D eigenvalue weighted by molar-refractivity contribution is 5.90. The van der Waals surface area contributed by atoms with E-state index in [1.807, 2.05) is 6.07 Å². The van der Waals surface area contributed by atoms with Crippen molar-refractivity contribution in [2.75, 3.05) is 13.1 Å². The number of amides is 1. The van der Waals surface area contributed by atoms with Crippen molar-refractivity contribution in [3.05, 3.63) is 34.9 Å². The van der Waals surface area contributed by atoms with Crippen molar-refractivity contribution in [1.29, 1.82) is 0 Å². The number of carboxylic acids is 1. The molecule has 1 heterocycles. The summed E-state index contributed by atoms with van der Waals surface area (Å²) in [4.78, 5) is 24.9. The van der Waals surface area contributed by atoms with Gasteiger partial charge in [0.25, 0.3) is 0 Å². The van der Waals surface area contributed by atoms with Crippen molar-refractivity contribution in [2.24, 2.45) is 5.73 Å². The molecule has 5 heteroatoms. The molecular weight excluding hydrogens is 244 g/mol. The second-order valence-corrected chi connectivity index (χ2v) is 4.71. The number of aromatic carboxylic acids is 1. The SMILES string of the molecule is NCCCC(=O)N1CCc2c(cccc2C(=O)O)C1. The van der Waals surface area contributed by atoms with E-state index >= 15 is 0 Å². The lowest BCUT2D eigenvalue weighted by atomic mass is 9.94. The van der Waals surface area contributed by atoms with Gasteiger partial charge >= 0.3 is 5.97 Å². The zero-order valence-electron chi connectivity index (χ0n) is 10.8. The van der Waals surface area contributed by atoms with Crippen LogP contribution in [0.15, 0.2) is 18.2 Å². The van der Waals surface area contributed by atoms with E-state index in [0.29, 0.717) is 44.5 Å². The topological polar surface area (TPSA) is 83.6 Å². The molecule has 1 aliphatic rings. The van der Waals surface area contributed by atoms with E-state index in [0.717, 1.165) is 11.1 Å². The van der Waals surface area contributed by atoms with Crippen LogP contribution in [-0.4, -0.2) is 35.0 Å². The molecule has 2 rings (SSSR count). The minimum atomic E-state index is -0.903. The zero-order valence-corrected chi connectivity index (χ0v) is 10.8. The quantitative estimate of drug-likeness (QED) is 0.848. The monoisotopic (exact) mass is 262 g/mol. The Morgan fingerprint density at radius 1 is 1.37 bits per heavy atom. The van der Waals surface area contributed by atoms with E-state index < -0.39 is 5.97 Å². The Hall–Kier alpha value is -1.88. The molecule has 1 aliphatic heterocycles. The molecule has 1 amide bonds. The third-order valence-electron chi connectivity index (χ3n) is 3.44. The first-order valence-corrected chi connectivity index (χ1v) is 6.45. The van der Waals surface area contributed by atoms with Gasteiger partial charge in [-0.3, -0.25) is 4.79 Å². The van der Waals surface area contributed by atoms with Gasteiger partial charge in [0, 0.05) is 19.5 Å². The molecule has 0 radical (unpaired) electrons. The fourth-order valence-corrected chi connectivity index (χ4v) is 2.43. The molecule has 0 saturated heterocycles. The van der Waals surface area contributed by atoms with Gasteiger partial charge in [0.2, 0.25) is 5.91 Å². The molecule has 0 fully saturated rings. The van der Waals surface area contributed by atoms with Crippen LogP contribution in [0.2, 0.25) is 0 Å². The molecule has 1 aromatic rings. The number of hydrogen-bond acceptors (Lipinski definition) is 3. The summed E-state index contributed by atoms with van der Waals surface area (Å²) in [6.07, 6.45) is 1.76. The summed E-state index contributed by atoms with van der Waals surface area (Å²) >= 11 is 0. The third-order valence-corrected chi connectivity index (χ3v) is 3.44. The summed E-state index contributed by atoms with van der Waals surface area (Å²) in [5.41, 5.74) is 7.55. The fourth-order valence-electron chi connectivity index (χ4n) is 2.43. The average Bonchev–Trinajstić information content (AvgIpc) is 2.43. The summed E-state index contributed by atoms with van der Waals surface area (Å²) in [6.45, 7) is 1.60. The normalized spacial score (nSPS) is 14.1. The Balaban J connectivity index is 2.14. The Morgan fingerprint density at radius 2 is 2.16 bits per heavy atom. The predicted octanol–water partition coefficient (Wildman–Crippen LogP) is 1.01. The summed E-state index contributed by atoms with van der Waals surface area (Å²) < 4.78 is 0. The highest BCUT2D eigenvalue weighted by atomic mass is 16.4. The second-order valence-electron chi connectivity index (χ2n) is 4.71. The number of hydrogen-bond donors (Lipinski definition) is 2. The number of rotatable bonds is 4. The molecule has 0 aromatic heterocycles. The van der Waals surface area contributed by atoms with E-state index in [4.69, 9.17) is 10.8 Å². The smallest absolute Gasteiger partial charge is 0.335 e. The molecule has 19 heavy (non-hydrogen) atoms. The van der Waals surface area contributed by atoms with Crippen LogP contribution in [0.1, 0.15) is 34.3 Å². The van der Waals surface area contributed by atoms with Crippen molar-refractivity contribution >= 4 is 11.9 Å². The Morgan fingerprint density at radius 3 is 2.84 bits per heavy atom. The van der Waals surface area contributed by atoms with Crippen LogP contribution in [0, 0.1) is 0 Å². The van der Waals surface area contributed by atoms with Gasteiger partial charge in [-0.05, 0) is 36.6 Å². The lowest BCUT2D eigenvalue weighted by Gasteiger charge is -2.29. The molecule has 5 nitrogen and oxygen atoms in total. The number of nitrogens with zero attached hydrogens (tertiary/aromatic N) is 1. The number of carbonyl (C=O) groups is 2. The minimum absolute atomic E-state index is 0.0943. The first-order chi connectivity index (χ1) is 9.13. The maximum absolute atomic E-state index is 11.9. The van der Waals surface area contributed by atoms with Crippen LogP contribution < -0.4 is 5.73 Å². The number of nitrogens with two attached hydrogens (primary N) is 1. The number of fused-ring (bicyclic) bond motifs is 1. The van der Waals surface area contributed by atoms with Gasteiger partial charge in [0.05, 0.1) is 5.56 Å². The van der Waals surface area contributed by atoms with Crippen LogP contribution in [0.4, 0.5) is 0 Å². The predicted molar refractivity (Wildman–Crippen MR) is 70.8 cm³/mol. The van der Waals surface area contributed by atoms with Gasteiger partial charge in [-0.2, -0.15) is 0 Å². The van der Waals surface area contributed by atoms with Crippen LogP contribution in [0.5, 0.6) is 0 Å². The summed E-state index contributed by atoms with van der Waals surface area (Å²) in [6, 6.07) is 5.24. The molecule has 0 aliphatic carbocycles. The van der Waals surface area contributed by atoms with E-state index in [2.05, 4.69) is 0 Å². The van der Waals surface area contributed by atoms with Crippen molar-refractivity contribution in [2.45, 2.75) is 25.8 Å². The number of carboxylic acid groups (broad SMARTS) is 1. The molecule has 1 aromatic carbocycles. The van der Waals surface area contributed by atoms with Gasteiger partial charge in [-0.15, -0.1) is 0 Å². The molecular formula is C14H18N2O3. The first-order valence-electron chi connectivity index (χ1n) is 6.45. The number of carbonyl (C=O) groups excluding carboxylic acids is 1. The number of benzene rings is 1. The van der Waals surface area contributed by atoms with Gasteiger partial charge in [0.15, 0.2) is 0 Å². The van der Waals surface area contributed by atoms with Crippen LogP contribution in [-0.2, 0) is 17.8 Å². The van der Waals surface area contributed by atoms with Crippen molar-refractivity contribution < 1.29 is 14.7 Å². The van der Waals surface area contributed by atoms with E-state index in [1.165, 1.54) is 0 Å². The molecule has 0 unspecified atom stereocenters. The molecule has 0 bridgehead atoms. The van der Waals surface area contributed by atoms with Gasteiger partial charge in [0.1, 0.15) is 0 Å². The highest BCUT2D eigenvalue weighted by Gasteiger charge is 2.23. The maximum Gasteiger partial charge on any atom is 0.335 e. The van der Waals surface area contributed by atoms with E-state index in [1.54, 1.807) is 17.0 Å². The largest absolute Gasteiger partial charge is 0.478 e. The van der Waals surface area contributed by atoms with Gasteiger partial charge in [-0.25, -0.2) is 4.79 Å².